The van der Waals surface area contributed by atoms with Gasteiger partial charge in [0.25, 0.3) is 0 Å². The van der Waals surface area contributed by atoms with Crippen molar-refractivity contribution in [2.75, 3.05) is 30.4 Å². The number of benzene rings is 1. The normalized spacial score (nSPS) is 17.3. The highest BCUT2D eigenvalue weighted by Gasteiger charge is 2.25. The first-order valence-corrected chi connectivity index (χ1v) is 12.1. The van der Waals surface area contributed by atoms with Crippen molar-refractivity contribution in [3.05, 3.63) is 47.1 Å². The van der Waals surface area contributed by atoms with Crippen LogP contribution in [-0.2, 0) is 20.3 Å². The second-order valence-electron chi connectivity index (χ2n) is 7.29. The SMILES string of the molecule is Cc1csc(S(=O)(=O)Cc2cc(N3CCOC[C@@H]3C)nc(-c3ccc(N)cc3)n2)n1. The maximum atomic E-state index is 12.9. The molecule has 0 bridgehead atoms. The van der Waals surface area contributed by atoms with Crippen LogP contribution in [0.5, 0.6) is 0 Å². The van der Waals surface area contributed by atoms with Crippen LogP contribution < -0.4 is 10.6 Å². The average Bonchev–Trinajstić information content (AvgIpc) is 3.16. The second kappa shape index (κ2) is 8.29. The first-order chi connectivity index (χ1) is 14.3. The van der Waals surface area contributed by atoms with E-state index in [1.54, 1.807) is 30.5 Å². The number of rotatable bonds is 5. The van der Waals surface area contributed by atoms with Crippen molar-refractivity contribution in [1.82, 2.24) is 15.0 Å². The zero-order chi connectivity index (χ0) is 21.3. The molecule has 2 N–H and O–H groups in total. The molecule has 10 heteroatoms. The fourth-order valence-corrected chi connectivity index (χ4v) is 5.64. The van der Waals surface area contributed by atoms with Gasteiger partial charge in [-0.25, -0.2) is 23.4 Å². The highest BCUT2D eigenvalue weighted by molar-refractivity contribution is 7.92. The third kappa shape index (κ3) is 4.45. The van der Waals surface area contributed by atoms with E-state index in [-0.39, 0.29) is 16.1 Å². The van der Waals surface area contributed by atoms with E-state index in [9.17, 15) is 8.42 Å². The molecule has 0 amide bonds. The number of thiazole rings is 1. The number of aromatic nitrogens is 3. The molecule has 0 unspecified atom stereocenters. The van der Waals surface area contributed by atoms with Gasteiger partial charge in [-0.1, -0.05) is 0 Å². The predicted octanol–water partition coefficient (Wildman–Crippen LogP) is 2.69. The summed E-state index contributed by atoms with van der Waals surface area (Å²) in [7, 11) is -3.61. The Labute approximate surface area is 179 Å². The Morgan fingerprint density at radius 2 is 2.00 bits per heavy atom. The van der Waals surface area contributed by atoms with Crippen LogP contribution in [0, 0.1) is 6.92 Å². The lowest BCUT2D eigenvalue weighted by atomic mass is 10.2. The van der Waals surface area contributed by atoms with Crippen LogP contribution in [0.25, 0.3) is 11.4 Å². The predicted molar refractivity (Wildman–Crippen MR) is 117 cm³/mol. The lowest BCUT2D eigenvalue weighted by molar-refractivity contribution is 0.0985. The van der Waals surface area contributed by atoms with Gasteiger partial charge < -0.3 is 15.4 Å². The maximum absolute atomic E-state index is 12.9. The van der Waals surface area contributed by atoms with E-state index in [0.717, 1.165) is 16.9 Å². The minimum Gasteiger partial charge on any atom is -0.399 e. The number of hydrogen-bond acceptors (Lipinski definition) is 9. The molecule has 0 radical (unpaired) electrons. The smallest absolute Gasteiger partial charge is 0.211 e. The Bertz CT molecular complexity index is 1150. The van der Waals surface area contributed by atoms with Gasteiger partial charge in [0.15, 0.2) is 5.82 Å². The van der Waals surface area contributed by atoms with Crippen molar-refractivity contribution in [3.8, 4) is 11.4 Å². The molecule has 3 aromatic rings. The summed E-state index contributed by atoms with van der Waals surface area (Å²) in [6.07, 6.45) is 0. The summed E-state index contributed by atoms with van der Waals surface area (Å²) in [4.78, 5) is 15.5. The summed E-state index contributed by atoms with van der Waals surface area (Å²) >= 11 is 1.13. The van der Waals surface area contributed by atoms with Crippen molar-refractivity contribution in [3.63, 3.8) is 0 Å². The van der Waals surface area contributed by atoms with E-state index < -0.39 is 9.84 Å². The first kappa shape index (κ1) is 20.7. The molecule has 1 aromatic carbocycles. The van der Waals surface area contributed by atoms with Gasteiger partial charge in [-0.3, -0.25) is 0 Å². The van der Waals surface area contributed by atoms with Crippen molar-refractivity contribution in [2.45, 2.75) is 30.0 Å². The molecule has 1 fully saturated rings. The number of nitrogens with zero attached hydrogens (tertiary/aromatic N) is 4. The molecule has 0 saturated carbocycles. The number of nitrogen functional groups attached to an aromatic ring is 1. The highest BCUT2D eigenvalue weighted by Crippen LogP contribution is 2.26. The van der Waals surface area contributed by atoms with Gasteiger partial charge in [0.1, 0.15) is 5.82 Å². The van der Waals surface area contributed by atoms with Gasteiger partial charge in [0.05, 0.1) is 30.7 Å². The molecule has 30 heavy (non-hydrogen) atoms. The van der Waals surface area contributed by atoms with Crippen molar-refractivity contribution < 1.29 is 13.2 Å². The van der Waals surface area contributed by atoms with Crippen LogP contribution >= 0.6 is 11.3 Å². The summed E-state index contributed by atoms with van der Waals surface area (Å²) in [6, 6.07) is 9.09. The molecule has 1 atom stereocenters. The minimum atomic E-state index is -3.61. The Kier molecular flexibility index (Phi) is 5.72. The van der Waals surface area contributed by atoms with E-state index in [1.807, 2.05) is 12.1 Å². The summed E-state index contributed by atoms with van der Waals surface area (Å²) in [5.74, 6) is 0.913. The molecule has 2 aromatic heterocycles. The molecule has 0 aliphatic carbocycles. The Morgan fingerprint density at radius 1 is 1.23 bits per heavy atom. The number of aryl methyl sites for hydroxylation is 1. The summed E-state index contributed by atoms with van der Waals surface area (Å²) < 4.78 is 31.4. The Balaban J connectivity index is 1.76. The summed E-state index contributed by atoms with van der Waals surface area (Å²) in [5.41, 5.74) is 8.33. The average molecular weight is 446 g/mol. The van der Waals surface area contributed by atoms with Crippen LogP contribution in [-0.4, -0.2) is 49.2 Å². The lowest BCUT2D eigenvalue weighted by Crippen LogP contribution is -2.44. The monoisotopic (exact) mass is 445 g/mol. The third-order valence-electron chi connectivity index (χ3n) is 4.80. The van der Waals surface area contributed by atoms with Gasteiger partial charge in [0, 0.05) is 34.9 Å². The number of nitrogens with two attached hydrogens (primary N) is 1. The number of anilines is 2. The van der Waals surface area contributed by atoms with Crippen LogP contribution in [0.1, 0.15) is 18.3 Å². The zero-order valence-electron chi connectivity index (χ0n) is 16.8. The van der Waals surface area contributed by atoms with Gasteiger partial charge in [-0.2, -0.15) is 0 Å². The molecule has 158 valence electrons. The molecule has 1 aliphatic heterocycles. The summed E-state index contributed by atoms with van der Waals surface area (Å²) in [6.45, 7) is 5.69. The van der Waals surface area contributed by atoms with Crippen molar-refractivity contribution in [2.24, 2.45) is 0 Å². The maximum Gasteiger partial charge on any atom is 0.211 e. The van der Waals surface area contributed by atoms with E-state index in [1.165, 1.54) is 0 Å². The number of morpholine rings is 1. The van der Waals surface area contributed by atoms with E-state index in [4.69, 9.17) is 15.5 Å². The fourth-order valence-electron chi connectivity index (χ4n) is 3.26. The standard InChI is InChI=1S/C20H23N5O3S2/c1-13-11-29-20(22-13)30(26,27)12-17-9-18(25-7-8-28-10-14(25)2)24-19(23-17)15-3-5-16(21)6-4-15/h3-6,9,11,14H,7-8,10,12,21H2,1-2H3/t14-/m0/s1. The molecule has 1 aliphatic rings. The lowest BCUT2D eigenvalue weighted by Gasteiger charge is -2.34. The quantitative estimate of drug-likeness (QED) is 0.597. The van der Waals surface area contributed by atoms with Gasteiger partial charge in [-0.05, 0) is 38.1 Å². The Hall–Kier alpha value is -2.56. The molecular weight excluding hydrogens is 422 g/mol. The first-order valence-electron chi connectivity index (χ1n) is 9.55. The van der Waals surface area contributed by atoms with Crippen LogP contribution in [0.15, 0.2) is 40.1 Å². The van der Waals surface area contributed by atoms with Gasteiger partial charge in [-0.15, -0.1) is 11.3 Å². The van der Waals surface area contributed by atoms with Crippen molar-refractivity contribution in [1.29, 1.82) is 0 Å². The highest BCUT2D eigenvalue weighted by atomic mass is 32.2. The number of hydrogen-bond donors (Lipinski definition) is 1. The third-order valence-corrected chi connectivity index (χ3v) is 7.90. The van der Waals surface area contributed by atoms with E-state index in [2.05, 4.69) is 21.8 Å². The van der Waals surface area contributed by atoms with Crippen LogP contribution in [0.4, 0.5) is 11.5 Å². The molecule has 3 heterocycles. The number of ether oxygens (including phenoxy) is 1. The minimum absolute atomic E-state index is 0.105. The Morgan fingerprint density at radius 3 is 2.67 bits per heavy atom. The van der Waals surface area contributed by atoms with Crippen LogP contribution in [0.2, 0.25) is 0 Å². The van der Waals surface area contributed by atoms with E-state index in [0.29, 0.717) is 48.5 Å². The van der Waals surface area contributed by atoms with Crippen LogP contribution in [0.3, 0.4) is 0 Å². The van der Waals surface area contributed by atoms with Gasteiger partial charge in [0.2, 0.25) is 14.2 Å². The second-order valence-corrected chi connectivity index (χ2v) is 10.3. The molecule has 8 nitrogen and oxygen atoms in total. The molecule has 0 spiro atoms. The zero-order valence-corrected chi connectivity index (χ0v) is 18.4. The molecule has 4 rings (SSSR count). The van der Waals surface area contributed by atoms with Gasteiger partial charge >= 0.3 is 0 Å². The fraction of sp³-hybridized carbons (Fsp3) is 0.350. The molecule has 1 saturated heterocycles. The largest absolute Gasteiger partial charge is 0.399 e. The number of sulfone groups is 1. The van der Waals surface area contributed by atoms with Crippen molar-refractivity contribution >= 4 is 32.7 Å². The van der Waals surface area contributed by atoms with E-state index >= 15 is 0 Å². The molecular formula is C20H23N5O3S2. The summed E-state index contributed by atoms with van der Waals surface area (Å²) in [5, 5.41) is 1.73. The topological polar surface area (TPSA) is 111 Å².